The Morgan fingerprint density at radius 1 is 0.459 bits per heavy atom. The van der Waals surface area contributed by atoms with Gasteiger partial charge in [-0.3, -0.25) is 0 Å². The average Bonchev–Trinajstić information content (AvgIpc) is 2.91. The van der Waals surface area contributed by atoms with Crippen molar-refractivity contribution in [2.24, 2.45) is 0 Å². The fourth-order valence-electron chi connectivity index (χ4n) is 4.31. The van der Waals surface area contributed by atoms with Crippen molar-refractivity contribution in [2.45, 2.75) is 0 Å². The van der Waals surface area contributed by atoms with Crippen molar-refractivity contribution in [3.8, 4) is 5.75 Å². The van der Waals surface area contributed by atoms with Gasteiger partial charge in [-0.15, -0.1) is 0 Å². The topological polar surface area (TPSA) is 151 Å². The summed E-state index contributed by atoms with van der Waals surface area (Å²) >= 11 is 0. The summed E-state index contributed by atoms with van der Waals surface area (Å²) in [6.07, 6.45) is 0. The smallest absolute Gasteiger partial charge is 0.537 e. The highest BCUT2D eigenvalue weighted by molar-refractivity contribution is 8.01. The van der Waals surface area contributed by atoms with E-state index in [-0.39, 0.29) is 0 Å². The molecule has 7 N–H and O–H groups in total. The van der Waals surface area contributed by atoms with Gasteiger partial charge in [-0.1, -0.05) is 36.4 Å². The zero-order valence-corrected chi connectivity index (χ0v) is 20.4. The van der Waals surface area contributed by atoms with Gasteiger partial charge in [0.25, 0.3) is 0 Å². The Hall–Kier alpha value is -2.91. The lowest BCUT2D eigenvalue weighted by atomic mass is 9.80. The van der Waals surface area contributed by atoms with Crippen LogP contribution in [0, 0.1) is 0 Å². The third-order valence-electron chi connectivity index (χ3n) is 6.15. The zero-order chi connectivity index (χ0) is 26.6. The van der Waals surface area contributed by atoms with Crippen LogP contribution in [0.15, 0.2) is 97.1 Å². The molecule has 8 nitrogen and oxygen atoms in total. The third-order valence-corrected chi connectivity index (χ3v) is 10.4. The standard InChI is InChI=1S/C24H23B4O8P/c29-25-36-20-7-15-24(16-8-20)37(21-9-1-17(2-10-21)26(30)31,22-11-3-18(4-12-22)27(32)33)23-13-5-19(6-14-23)28(34)35/h1-16,29-35H/q+1. The minimum absolute atomic E-state index is 0.321. The number of hydrogen-bond acceptors (Lipinski definition) is 8. The van der Waals surface area contributed by atoms with E-state index >= 15 is 0 Å². The van der Waals surface area contributed by atoms with Gasteiger partial charge in [0.1, 0.15) is 34.2 Å². The van der Waals surface area contributed by atoms with Crippen molar-refractivity contribution in [1.82, 2.24) is 0 Å². The van der Waals surface area contributed by atoms with E-state index in [0.717, 1.165) is 21.2 Å². The van der Waals surface area contributed by atoms with Gasteiger partial charge in [0.15, 0.2) is 0 Å². The largest absolute Gasteiger partial charge is 0.569 e. The van der Waals surface area contributed by atoms with Crippen LogP contribution in [0.25, 0.3) is 0 Å². The fourth-order valence-corrected chi connectivity index (χ4v) is 8.49. The molecule has 0 saturated heterocycles. The van der Waals surface area contributed by atoms with Crippen LogP contribution in [0.4, 0.5) is 0 Å². The molecule has 0 aromatic heterocycles. The molecule has 4 rings (SSSR count). The Bertz CT molecular complexity index is 1180. The molecule has 37 heavy (non-hydrogen) atoms. The van der Waals surface area contributed by atoms with E-state index in [1.54, 1.807) is 48.5 Å². The van der Waals surface area contributed by atoms with Gasteiger partial charge in [-0.05, 0) is 77.1 Å². The van der Waals surface area contributed by atoms with E-state index < -0.39 is 28.6 Å². The van der Waals surface area contributed by atoms with E-state index in [2.05, 4.69) is 0 Å². The molecular weight excluding hydrogens is 490 g/mol. The average molecular weight is 514 g/mol. The van der Waals surface area contributed by atoms with Gasteiger partial charge < -0.3 is 39.8 Å². The molecule has 0 saturated carbocycles. The normalized spacial score (nSPS) is 11.1. The van der Waals surface area contributed by atoms with Gasteiger partial charge in [0.2, 0.25) is 0 Å². The van der Waals surface area contributed by atoms with Gasteiger partial charge in [0, 0.05) is 0 Å². The highest BCUT2D eigenvalue weighted by Crippen LogP contribution is 2.54. The summed E-state index contributed by atoms with van der Waals surface area (Å²) in [5, 5.41) is 70.4. The van der Waals surface area contributed by atoms with Crippen molar-refractivity contribution in [2.75, 3.05) is 0 Å². The second kappa shape index (κ2) is 11.6. The first-order valence-corrected chi connectivity index (χ1v) is 13.1. The molecule has 0 aliphatic rings. The Morgan fingerprint density at radius 3 is 0.973 bits per heavy atom. The van der Waals surface area contributed by atoms with Crippen LogP contribution in [0.5, 0.6) is 5.75 Å². The van der Waals surface area contributed by atoms with Gasteiger partial charge in [0.05, 0.1) is 0 Å². The maximum atomic E-state index is 9.65. The molecule has 0 heterocycles. The molecule has 0 bridgehead atoms. The van der Waals surface area contributed by atoms with Gasteiger partial charge in [-0.25, -0.2) is 0 Å². The third kappa shape index (κ3) is 5.52. The van der Waals surface area contributed by atoms with Gasteiger partial charge in [-0.2, -0.15) is 0 Å². The van der Waals surface area contributed by atoms with Gasteiger partial charge >= 0.3 is 29.0 Å². The molecule has 1 radical (unpaired) electrons. The molecule has 0 spiro atoms. The first-order valence-electron chi connectivity index (χ1n) is 11.3. The Labute approximate surface area is 216 Å². The van der Waals surface area contributed by atoms with E-state index in [0.29, 0.717) is 29.8 Å². The first-order chi connectivity index (χ1) is 17.8. The van der Waals surface area contributed by atoms with E-state index in [1.807, 2.05) is 48.5 Å². The summed E-state index contributed by atoms with van der Waals surface area (Å²) in [6.45, 7) is 0. The lowest BCUT2D eigenvalue weighted by molar-refractivity contribution is 0.424. The first kappa shape index (κ1) is 27.1. The summed E-state index contributed by atoms with van der Waals surface area (Å²) in [5.41, 5.74) is 0.963. The predicted octanol–water partition coefficient (Wildman–Crippen LogP) is -3.75. The monoisotopic (exact) mass is 514 g/mol. The SMILES string of the molecule is O[B]Oc1ccc([P+](c2ccc(B(O)O)cc2)(c2ccc(B(O)O)cc2)c2ccc(B(O)O)cc2)cc1. The molecule has 4 aromatic rings. The second-order valence-electron chi connectivity index (χ2n) is 8.28. The highest BCUT2D eigenvalue weighted by atomic mass is 31.2. The lowest BCUT2D eigenvalue weighted by Gasteiger charge is -2.28. The quantitative estimate of drug-likeness (QED) is 0.0891. The molecule has 4 aromatic carbocycles. The maximum absolute atomic E-state index is 9.65. The van der Waals surface area contributed by atoms with Crippen LogP contribution in [0.1, 0.15) is 0 Å². The van der Waals surface area contributed by atoms with Crippen LogP contribution in [0.3, 0.4) is 0 Å². The number of hydrogen-bond donors (Lipinski definition) is 7. The molecule has 0 unspecified atom stereocenters. The summed E-state index contributed by atoms with van der Waals surface area (Å²) in [5.74, 6) is 0.417. The Balaban J connectivity index is 2.04. The highest BCUT2D eigenvalue weighted by Gasteiger charge is 2.48. The van der Waals surface area contributed by atoms with Crippen molar-refractivity contribution < 1.29 is 39.8 Å². The molecule has 0 aliphatic carbocycles. The lowest BCUT2D eigenvalue weighted by Crippen LogP contribution is -2.41. The van der Waals surface area contributed by atoms with Crippen molar-refractivity contribution in [3.63, 3.8) is 0 Å². The molecule has 0 amide bonds. The van der Waals surface area contributed by atoms with Crippen LogP contribution < -0.4 is 42.3 Å². The Kier molecular flexibility index (Phi) is 8.54. The summed E-state index contributed by atoms with van der Waals surface area (Å²) in [4.78, 5) is 0. The summed E-state index contributed by atoms with van der Waals surface area (Å²) < 4.78 is 5.09. The van der Waals surface area contributed by atoms with Crippen LogP contribution in [-0.2, 0) is 0 Å². The molecule has 0 atom stereocenters. The van der Waals surface area contributed by atoms with Crippen LogP contribution >= 0.6 is 7.26 Å². The predicted molar refractivity (Wildman–Crippen MR) is 149 cm³/mol. The molecular formula is C24H23B4O8P+. The Morgan fingerprint density at radius 2 is 0.730 bits per heavy atom. The van der Waals surface area contributed by atoms with Crippen molar-refractivity contribution >= 4 is 73.9 Å². The molecule has 0 aliphatic heterocycles. The maximum Gasteiger partial charge on any atom is 0.569 e. The van der Waals surface area contributed by atoms with E-state index in [9.17, 15) is 30.1 Å². The van der Waals surface area contributed by atoms with Crippen molar-refractivity contribution in [1.29, 1.82) is 0 Å². The molecule has 13 heteroatoms. The minimum Gasteiger partial charge on any atom is -0.537 e. The fraction of sp³-hybridized carbons (Fsp3) is 0. The summed E-state index contributed by atoms with van der Waals surface area (Å²) in [6, 6.07) is 27.8. The number of benzene rings is 4. The minimum atomic E-state index is -2.71. The molecule has 0 fully saturated rings. The van der Waals surface area contributed by atoms with Crippen LogP contribution in [-0.4, -0.2) is 64.2 Å². The zero-order valence-electron chi connectivity index (χ0n) is 19.5. The summed E-state index contributed by atoms with van der Waals surface area (Å²) in [7, 11) is -7.03. The van der Waals surface area contributed by atoms with E-state index in [1.165, 1.54) is 0 Å². The molecule has 183 valence electrons. The van der Waals surface area contributed by atoms with Crippen molar-refractivity contribution in [3.05, 3.63) is 97.1 Å². The number of rotatable bonds is 9. The second-order valence-corrected chi connectivity index (χ2v) is 11.7. The van der Waals surface area contributed by atoms with Crippen LogP contribution in [0.2, 0.25) is 0 Å². The van der Waals surface area contributed by atoms with E-state index in [4.69, 9.17) is 9.68 Å².